The zero-order valence-electron chi connectivity index (χ0n) is 16.1. The van der Waals surface area contributed by atoms with Gasteiger partial charge in [0.1, 0.15) is 28.3 Å². The highest BCUT2D eigenvalue weighted by Gasteiger charge is 2.39. The Labute approximate surface area is 187 Å². The van der Waals surface area contributed by atoms with Crippen molar-refractivity contribution in [2.75, 3.05) is 0 Å². The highest BCUT2D eigenvalue weighted by molar-refractivity contribution is 8.19. The van der Waals surface area contributed by atoms with Crippen LogP contribution < -0.4 is 4.74 Å². The highest BCUT2D eigenvalue weighted by Crippen LogP contribution is 2.41. The Morgan fingerprint density at radius 2 is 1.93 bits per heavy atom. The molecule has 1 N–H and O–H groups in total. The smallest absolute Gasteiger partial charge is 0.186 e. The van der Waals surface area contributed by atoms with Gasteiger partial charge in [0.05, 0.1) is 9.95 Å². The van der Waals surface area contributed by atoms with Crippen molar-refractivity contribution in [3.8, 4) is 5.75 Å². The van der Waals surface area contributed by atoms with Crippen LogP contribution in [-0.2, 0) is 17.8 Å². The van der Waals surface area contributed by atoms with Gasteiger partial charge in [-0.05, 0) is 36.3 Å². The van der Waals surface area contributed by atoms with Crippen molar-refractivity contribution < 1.29 is 9.53 Å². The summed E-state index contributed by atoms with van der Waals surface area (Å²) in [5.74, 6) is -0.00540. The lowest BCUT2D eigenvalue weighted by atomic mass is 10.1. The second-order valence-electron chi connectivity index (χ2n) is 6.61. The topological polar surface area (TPSA) is 75.9 Å². The van der Waals surface area contributed by atoms with Crippen LogP contribution in [0.15, 0.2) is 53.4 Å². The average molecular weight is 456 g/mol. The number of carbonyl (C=O) groups is 1. The van der Waals surface area contributed by atoms with Gasteiger partial charge in [0.2, 0.25) is 0 Å². The van der Waals surface area contributed by atoms with E-state index < -0.39 is 5.92 Å². The third-order valence-electron chi connectivity index (χ3n) is 4.55. The molecule has 0 saturated carbocycles. The minimum Gasteiger partial charge on any atom is -0.489 e. The van der Waals surface area contributed by atoms with Crippen LogP contribution in [0.1, 0.15) is 34.0 Å². The van der Waals surface area contributed by atoms with Crippen molar-refractivity contribution in [3.05, 3.63) is 79.6 Å². The molecule has 5 nitrogen and oxygen atoms in total. The lowest BCUT2D eigenvalue weighted by Crippen LogP contribution is -2.11. The fourth-order valence-corrected chi connectivity index (χ4v) is 5.07. The number of aromatic nitrogens is 2. The average Bonchev–Trinajstić information content (AvgIpc) is 3.32. The first-order valence-electron chi connectivity index (χ1n) is 9.36. The predicted molar refractivity (Wildman–Crippen MR) is 123 cm³/mol. The minimum absolute atomic E-state index is 0.0946. The molecule has 0 radical (unpaired) electrons. The Kier molecular flexibility index (Phi) is 6.32. The summed E-state index contributed by atoms with van der Waals surface area (Å²) in [7, 11) is 0. The molecule has 0 amide bonds. The van der Waals surface area contributed by atoms with Crippen molar-refractivity contribution in [1.82, 2.24) is 10.2 Å². The number of Topliss-reactive ketones (excluding diaryl/α,β-unsaturated/α-hetero) is 1. The van der Waals surface area contributed by atoms with E-state index in [9.17, 15) is 4.79 Å². The second kappa shape index (κ2) is 9.12. The van der Waals surface area contributed by atoms with Gasteiger partial charge in [0, 0.05) is 10.6 Å². The molecule has 1 aromatic heterocycles. The number of aryl methyl sites for hydroxylation is 1. The molecule has 2 heterocycles. The van der Waals surface area contributed by atoms with Crippen LogP contribution in [0, 0.1) is 5.41 Å². The van der Waals surface area contributed by atoms with Crippen LogP contribution in [-0.4, -0.2) is 21.0 Å². The summed E-state index contributed by atoms with van der Waals surface area (Å²) in [5.41, 5.74) is 1.79. The highest BCUT2D eigenvalue weighted by atomic mass is 35.5. The summed E-state index contributed by atoms with van der Waals surface area (Å²) in [4.78, 5) is 13.4. The minimum atomic E-state index is -0.628. The van der Waals surface area contributed by atoms with Crippen LogP contribution in [0.3, 0.4) is 0 Å². The van der Waals surface area contributed by atoms with Gasteiger partial charge in [-0.15, -0.1) is 21.5 Å². The third-order valence-corrected chi connectivity index (χ3v) is 7.04. The van der Waals surface area contributed by atoms with Gasteiger partial charge in [0.15, 0.2) is 5.78 Å². The third kappa shape index (κ3) is 4.48. The maximum Gasteiger partial charge on any atom is 0.186 e. The quantitative estimate of drug-likeness (QED) is 0.479. The molecule has 1 aliphatic heterocycles. The number of carbonyl (C=O) groups excluding carboxylic acids is 1. The predicted octanol–water partition coefficient (Wildman–Crippen LogP) is 5.75. The fraction of sp³-hybridized carbons (Fsp3) is 0.182. The van der Waals surface area contributed by atoms with Crippen LogP contribution in [0.5, 0.6) is 5.75 Å². The van der Waals surface area contributed by atoms with E-state index in [0.29, 0.717) is 32.3 Å². The first-order valence-corrected chi connectivity index (χ1v) is 11.4. The molecule has 0 spiro atoms. The van der Waals surface area contributed by atoms with Gasteiger partial charge in [-0.2, -0.15) is 0 Å². The molecule has 1 fully saturated rings. The maximum atomic E-state index is 12.8. The number of ether oxygens (including phenoxy) is 1. The first-order chi connectivity index (χ1) is 14.5. The molecule has 0 bridgehead atoms. The molecule has 2 aromatic carbocycles. The first kappa shape index (κ1) is 20.8. The van der Waals surface area contributed by atoms with Gasteiger partial charge in [-0.3, -0.25) is 10.2 Å². The molecule has 1 aliphatic rings. The molecule has 1 saturated heterocycles. The Morgan fingerprint density at radius 3 is 2.63 bits per heavy atom. The van der Waals surface area contributed by atoms with Crippen molar-refractivity contribution in [2.45, 2.75) is 25.9 Å². The molecule has 4 rings (SSSR count). The molecule has 1 atom stereocenters. The second-order valence-corrected chi connectivity index (χ2v) is 9.19. The van der Waals surface area contributed by atoms with Crippen LogP contribution in [0.4, 0.5) is 0 Å². The normalized spacial score (nSPS) is 17.7. The molecular weight excluding hydrogens is 438 g/mol. The number of rotatable bonds is 6. The molecule has 152 valence electrons. The lowest BCUT2D eigenvalue weighted by Gasteiger charge is -2.08. The van der Waals surface area contributed by atoms with E-state index in [2.05, 4.69) is 10.2 Å². The van der Waals surface area contributed by atoms with Crippen LogP contribution in [0.2, 0.25) is 5.02 Å². The van der Waals surface area contributed by atoms with Crippen molar-refractivity contribution in [1.29, 1.82) is 5.41 Å². The largest absolute Gasteiger partial charge is 0.489 e. The van der Waals surface area contributed by atoms with E-state index in [1.54, 1.807) is 6.08 Å². The van der Waals surface area contributed by atoms with Gasteiger partial charge in [0.25, 0.3) is 0 Å². The number of nitrogens with one attached hydrogen (secondary N) is 1. The van der Waals surface area contributed by atoms with Crippen molar-refractivity contribution >= 4 is 51.6 Å². The number of halogens is 1. The SMILES string of the molecule is CCc1nnc([C@H]2C(=N)S/C(=C\c3ccc(OCc4ccccc4Cl)cc3)C2=O)s1. The van der Waals surface area contributed by atoms with E-state index in [0.717, 1.165) is 22.6 Å². The van der Waals surface area contributed by atoms with E-state index in [1.165, 1.54) is 23.1 Å². The number of nitrogens with zero attached hydrogens (tertiary/aromatic N) is 2. The monoisotopic (exact) mass is 455 g/mol. The zero-order chi connectivity index (χ0) is 21.1. The van der Waals surface area contributed by atoms with Crippen LogP contribution >= 0.6 is 34.7 Å². The Balaban J connectivity index is 1.45. The van der Waals surface area contributed by atoms with E-state index >= 15 is 0 Å². The zero-order valence-corrected chi connectivity index (χ0v) is 18.5. The fourth-order valence-electron chi connectivity index (χ4n) is 2.93. The number of hydrogen-bond donors (Lipinski definition) is 1. The van der Waals surface area contributed by atoms with Crippen molar-refractivity contribution in [2.24, 2.45) is 0 Å². The Morgan fingerprint density at radius 1 is 1.17 bits per heavy atom. The van der Waals surface area contributed by atoms with E-state index in [4.69, 9.17) is 21.7 Å². The molecular formula is C22H18ClN3O2S2. The number of benzene rings is 2. The number of allylic oxidation sites excluding steroid dienone is 1. The summed E-state index contributed by atoms with van der Waals surface area (Å²) in [6, 6.07) is 15.1. The standard InChI is InChI=1S/C22H18ClN3O2S2/c1-2-18-25-26-22(30-18)19-20(27)17(29-21(19)24)11-13-7-9-15(10-8-13)28-12-14-5-3-4-6-16(14)23/h3-11,19,24H,2,12H2,1H3/b17-11-,24-21?/t19-/m1/s1. The number of ketones is 1. The number of thioether (sulfide) groups is 1. The van der Waals surface area contributed by atoms with Gasteiger partial charge in [-0.25, -0.2) is 0 Å². The van der Waals surface area contributed by atoms with E-state index in [1.807, 2.05) is 55.5 Å². The van der Waals surface area contributed by atoms with Gasteiger partial charge >= 0.3 is 0 Å². The lowest BCUT2D eigenvalue weighted by molar-refractivity contribution is -0.114. The Hall–Kier alpha value is -2.48. The molecule has 30 heavy (non-hydrogen) atoms. The summed E-state index contributed by atoms with van der Waals surface area (Å²) in [5, 5.41) is 18.9. The number of hydrogen-bond acceptors (Lipinski definition) is 7. The van der Waals surface area contributed by atoms with E-state index in [-0.39, 0.29) is 5.78 Å². The van der Waals surface area contributed by atoms with Crippen molar-refractivity contribution in [3.63, 3.8) is 0 Å². The molecule has 8 heteroatoms. The molecule has 0 aliphatic carbocycles. The van der Waals surface area contributed by atoms with Crippen LogP contribution in [0.25, 0.3) is 6.08 Å². The van der Waals surface area contributed by atoms with Gasteiger partial charge < -0.3 is 4.74 Å². The molecule has 3 aromatic rings. The summed E-state index contributed by atoms with van der Waals surface area (Å²) in [6.07, 6.45) is 2.58. The Bertz CT molecular complexity index is 1130. The van der Waals surface area contributed by atoms with Gasteiger partial charge in [-0.1, -0.05) is 60.6 Å². The maximum absolute atomic E-state index is 12.8. The summed E-state index contributed by atoms with van der Waals surface area (Å²) < 4.78 is 5.80. The molecule has 0 unspecified atom stereocenters. The summed E-state index contributed by atoms with van der Waals surface area (Å²) in [6.45, 7) is 2.38. The summed E-state index contributed by atoms with van der Waals surface area (Å²) >= 11 is 8.75.